The van der Waals surface area contributed by atoms with Gasteiger partial charge in [-0.15, -0.1) is 0 Å². The van der Waals surface area contributed by atoms with Crippen molar-refractivity contribution >= 4 is 46.8 Å². The maximum absolute atomic E-state index is 6.81. The number of benzene rings is 8. The van der Waals surface area contributed by atoms with E-state index in [0.717, 1.165) is 57.3 Å². The van der Waals surface area contributed by atoms with Crippen molar-refractivity contribution in [2.75, 3.05) is 0 Å². The average molecular weight is 1010 g/mol. The van der Waals surface area contributed by atoms with Gasteiger partial charge in [-0.2, -0.15) is 0 Å². The van der Waals surface area contributed by atoms with Crippen LogP contribution in [-0.4, -0.2) is 17.0 Å². The van der Waals surface area contributed by atoms with Crippen molar-refractivity contribution in [1.82, 2.24) is 4.57 Å². The zero-order valence-electron chi connectivity index (χ0n) is 45.8. The Hall–Kier alpha value is -9.12. The minimum atomic E-state index is -0.486. The van der Waals surface area contributed by atoms with E-state index in [2.05, 4.69) is 245 Å². The van der Waals surface area contributed by atoms with Gasteiger partial charge in [0.05, 0.1) is 28.9 Å². The summed E-state index contributed by atoms with van der Waals surface area (Å²) in [7, 11) is 0. The van der Waals surface area contributed by atoms with Crippen molar-refractivity contribution in [2.24, 2.45) is 9.98 Å². The molecule has 0 bridgehead atoms. The number of rotatable bonds is 12. The highest BCUT2D eigenvalue weighted by Gasteiger charge is 2.52. The van der Waals surface area contributed by atoms with E-state index in [0.29, 0.717) is 6.54 Å². The van der Waals surface area contributed by atoms with E-state index < -0.39 is 5.41 Å². The van der Waals surface area contributed by atoms with Crippen LogP contribution in [0.2, 0.25) is 0 Å². The fourth-order valence-electron chi connectivity index (χ4n) is 11.9. The molecule has 4 nitrogen and oxygen atoms in total. The third kappa shape index (κ3) is 9.38. The molecule has 9 aromatic rings. The van der Waals surface area contributed by atoms with Crippen LogP contribution in [0, 0.1) is 13.8 Å². The quantitative estimate of drug-likeness (QED) is 0.0888. The van der Waals surface area contributed by atoms with Crippen LogP contribution in [0.1, 0.15) is 95.7 Å². The van der Waals surface area contributed by atoms with Gasteiger partial charge in [0.15, 0.2) is 0 Å². The van der Waals surface area contributed by atoms with Gasteiger partial charge >= 0.3 is 0 Å². The number of ether oxygens (including phenoxy) is 1. The second-order valence-electron chi connectivity index (χ2n) is 19.7. The van der Waals surface area contributed by atoms with Crippen molar-refractivity contribution in [1.29, 1.82) is 0 Å². The molecular weight excluding hydrogens is 947 g/mol. The standard InChI is InChI=1S/C68H55N3O.C4H6.C2H6/c1-6-19-53-46(4)68(59-27-16-14-25-54(53)59)60-41-51(32-36-55(60)57-37-39-66(45(3)67(57)68)72-65-29-18-13-20-44(65)2)50-33-38-64-58(40-50)56-26-15-17-28-63(56)71(64)52-34-30-49(31-35-52)62(70-43-47-21-9-7-10-22-47)42-61(69-5)48-23-11-8-12-24-48;1-3-4-2;1-2/h6-32,34-42,50H,5,33,43H2,1-4H3;3-4H,1-2H2;1-2H3/b19-6-,61-42-,70-62?;;. The average Bonchev–Trinajstić information content (AvgIpc) is 3.19. The molecule has 4 heteroatoms. The molecule has 1 heterocycles. The first kappa shape index (κ1) is 52.3. The summed E-state index contributed by atoms with van der Waals surface area (Å²) in [6.07, 6.45) is 15.7. The molecule has 0 aliphatic heterocycles. The Bertz CT molecular complexity index is 3990. The molecule has 0 fully saturated rings. The minimum Gasteiger partial charge on any atom is -0.457 e. The van der Waals surface area contributed by atoms with Gasteiger partial charge in [0.1, 0.15) is 11.5 Å². The van der Waals surface area contributed by atoms with Gasteiger partial charge in [-0.25, -0.2) is 0 Å². The van der Waals surface area contributed by atoms with Gasteiger partial charge in [0, 0.05) is 33.1 Å². The molecule has 8 aromatic carbocycles. The first-order valence-electron chi connectivity index (χ1n) is 27.2. The lowest BCUT2D eigenvalue weighted by Gasteiger charge is -2.33. The predicted octanol–water partition coefficient (Wildman–Crippen LogP) is 17.6. The Kier molecular flexibility index (Phi) is 15.4. The van der Waals surface area contributed by atoms with E-state index in [1.54, 1.807) is 12.2 Å². The van der Waals surface area contributed by atoms with Gasteiger partial charge in [0.25, 0.3) is 0 Å². The van der Waals surface area contributed by atoms with Crippen LogP contribution in [0.5, 0.6) is 11.5 Å². The van der Waals surface area contributed by atoms with Crippen LogP contribution in [-0.2, 0) is 12.0 Å². The lowest BCUT2D eigenvalue weighted by Crippen LogP contribution is -2.32. The van der Waals surface area contributed by atoms with Gasteiger partial charge < -0.3 is 9.30 Å². The molecule has 0 radical (unpaired) electrons. The second-order valence-corrected chi connectivity index (χ2v) is 19.7. The van der Waals surface area contributed by atoms with E-state index >= 15 is 0 Å². The fraction of sp³-hybridized carbons (Fsp3) is 0.135. The van der Waals surface area contributed by atoms with Crippen LogP contribution in [0.15, 0.2) is 247 Å². The van der Waals surface area contributed by atoms with Crippen molar-refractivity contribution in [3.8, 4) is 28.3 Å². The molecule has 2 unspecified atom stereocenters. The second kappa shape index (κ2) is 23.0. The van der Waals surface area contributed by atoms with Crippen LogP contribution < -0.4 is 15.3 Å². The molecule has 384 valence electrons. The number of para-hydroxylation sites is 2. The molecular formula is C74H67N3O. The maximum atomic E-state index is 6.81. The lowest BCUT2D eigenvalue weighted by atomic mass is 9.68. The SMILES string of the molecule is C=CC=C.C=N/C(=C\C(=NCc1ccccc1)c1ccc(-n2c3c(c4ccccc42)=CC(c2ccc4c(c2)C2(C(C)=C(/C=C\C)c5ccccc52)c2c-4ccc(Oc4ccccc4C)c2C)CC=3)cc1)c1ccccc1.CC. The monoisotopic (exact) mass is 1010 g/mol. The molecule has 0 saturated carbocycles. The molecule has 0 saturated heterocycles. The molecule has 1 spiro atoms. The van der Waals surface area contributed by atoms with Crippen molar-refractivity contribution in [3.63, 3.8) is 0 Å². The molecule has 3 aliphatic carbocycles. The molecule has 3 aliphatic rings. The fourth-order valence-corrected chi connectivity index (χ4v) is 11.9. The minimum absolute atomic E-state index is 0.176. The van der Waals surface area contributed by atoms with Gasteiger partial charge in [-0.3, -0.25) is 9.98 Å². The summed E-state index contributed by atoms with van der Waals surface area (Å²) in [4.78, 5) is 9.61. The summed E-state index contributed by atoms with van der Waals surface area (Å²) in [5.74, 6) is 1.95. The van der Waals surface area contributed by atoms with Crippen LogP contribution >= 0.6 is 0 Å². The number of nitrogens with zero attached hydrogens (tertiary/aromatic N) is 3. The van der Waals surface area contributed by atoms with E-state index in [9.17, 15) is 0 Å². The largest absolute Gasteiger partial charge is 0.457 e. The first-order chi connectivity index (χ1) is 38.3. The Labute approximate surface area is 461 Å². The van der Waals surface area contributed by atoms with Gasteiger partial charge in [-0.05, 0) is 150 Å². The van der Waals surface area contributed by atoms with Gasteiger partial charge in [-0.1, -0.05) is 221 Å². The van der Waals surface area contributed by atoms with E-state index in [1.165, 1.54) is 77.1 Å². The molecule has 0 N–H and O–H groups in total. The van der Waals surface area contributed by atoms with Crippen LogP contribution in [0.4, 0.5) is 0 Å². The smallest absolute Gasteiger partial charge is 0.130 e. The number of aromatic nitrogens is 1. The lowest BCUT2D eigenvalue weighted by molar-refractivity contribution is 0.473. The molecule has 0 amide bonds. The molecule has 1 aromatic heterocycles. The molecule has 12 rings (SSSR count). The number of hydrogen-bond acceptors (Lipinski definition) is 3. The Morgan fingerprint density at radius 2 is 1.36 bits per heavy atom. The van der Waals surface area contributed by atoms with E-state index in [-0.39, 0.29) is 5.92 Å². The number of allylic oxidation sites excluding steroid dienone is 7. The van der Waals surface area contributed by atoms with Crippen molar-refractivity contribution in [2.45, 2.75) is 65.8 Å². The summed E-state index contributed by atoms with van der Waals surface area (Å²) in [6, 6.07) is 67.4. The number of fused-ring (bicyclic) bond motifs is 10. The molecule has 2 atom stereocenters. The zero-order chi connectivity index (χ0) is 54.3. The van der Waals surface area contributed by atoms with E-state index in [4.69, 9.17) is 9.73 Å². The molecule has 78 heavy (non-hydrogen) atoms. The highest BCUT2D eigenvalue weighted by atomic mass is 16.5. The topological polar surface area (TPSA) is 38.9 Å². The number of aliphatic imine (C=N–C) groups is 2. The van der Waals surface area contributed by atoms with Crippen LogP contribution in [0.3, 0.4) is 0 Å². The summed E-state index contributed by atoms with van der Waals surface area (Å²) in [5, 5.41) is 3.74. The number of aryl methyl sites for hydroxylation is 1. The van der Waals surface area contributed by atoms with Crippen LogP contribution in [0.25, 0.3) is 51.1 Å². The first-order valence-corrected chi connectivity index (χ1v) is 27.2. The summed E-state index contributed by atoms with van der Waals surface area (Å²) in [5.41, 5.74) is 20.7. The third-order valence-corrected chi connectivity index (χ3v) is 15.5. The zero-order valence-corrected chi connectivity index (χ0v) is 45.8. The Morgan fingerprint density at radius 1 is 0.679 bits per heavy atom. The van der Waals surface area contributed by atoms with Gasteiger partial charge in [0.2, 0.25) is 0 Å². The highest BCUT2D eigenvalue weighted by molar-refractivity contribution is 6.12. The normalized spacial score (nSPS) is 15.9. The van der Waals surface area contributed by atoms with E-state index in [1.807, 2.05) is 44.2 Å². The highest BCUT2D eigenvalue weighted by Crippen LogP contribution is 2.64. The number of hydrogen-bond donors (Lipinski definition) is 0. The Balaban J connectivity index is 0.00000110. The summed E-state index contributed by atoms with van der Waals surface area (Å²) >= 11 is 0. The Morgan fingerprint density at radius 3 is 2.09 bits per heavy atom. The maximum Gasteiger partial charge on any atom is 0.130 e. The third-order valence-electron chi connectivity index (χ3n) is 15.5. The predicted molar refractivity (Wildman–Crippen MR) is 333 cm³/mol. The van der Waals surface area contributed by atoms with Crippen molar-refractivity contribution in [3.05, 3.63) is 303 Å². The summed E-state index contributed by atoms with van der Waals surface area (Å²) < 4.78 is 9.23. The summed E-state index contributed by atoms with van der Waals surface area (Å²) in [6.45, 7) is 24.1. The van der Waals surface area contributed by atoms with Crippen molar-refractivity contribution < 1.29 is 4.74 Å².